The summed E-state index contributed by atoms with van der Waals surface area (Å²) in [5, 5.41) is 9.47. The van der Waals surface area contributed by atoms with E-state index in [0.717, 1.165) is 32.5 Å². The summed E-state index contributed by atoms with van der Waals surface area (Å²) in [7, 11) is 0. The number of alkyl halides is 1. The van der Waals surface area contributed by atoms with E-state index in [4.69, 9.17) is 0 Å². The van der Waals surface area contributed by atoms with Gasteiger partial charge in [0, 0.05) is 12.8 Å². The minimum Gasteiger partial charge on any atom is -0.303 e. The molecule has 0 bridgehead atoms. The highest BCUT2D eigenvalue weighted by Crippen LogP contribution is 2.42. The third-order valence-corrected chi connectivity index (χ3v) is 4.23. The first-order chi connectivity index (χ1) is 8.61. The molecule has 1 atom stereocenters. The van der Waals surface area contributed by atoms with Crippen LogP contribution in [0.3, 0.4) is 0 Å². The second-order valence-corrected chi connectivity index (χ2v) is 5.53. The van der Waals surface area contributed by atoms with Crippen molar-refractivity contribution >= 4 is 0 Å². The second kappa shape index (κ2) is 5.24. The van der Waals surface area contributed by atoms with Gasteiger partial charge in [-0.25, -0.2) is 4.39 Å². The Morgan fingerprint density at radius 3 is 2.56 bits per heavy atom. The molecule has 0 saturated carbocycles. The molecule has 1 saturated heterocycles. The summed E-state index contributed by atoms with van der Waals surface area (Å²) in [5.41, 5.74) is -1.80. The molecular formula is C15H21FN2. The minimum absolute atomic E-state index is 0.342. The van der Waals surface area contributed by atoms with Crippen molar-refractivity contribution in [1.29, 1.82) is 5.26 Å². The molecule has 1 aliphatic heterocycles. The van der Waals surface area contributed by atoms with Crippen LogP contribution in [0.15, 0.2) is 24.3 Å². The first-order valence-electron chi connectivity index (χ1n) is 6.78. The molecule has 3 heteroatoms. The maximum absolute atomic E-state index is 14.7. The Hall–Kier alpha value is -1.14. The third kappa shape index (κ3) is 2.81. The largest absolute Gasteiger partial charge is 0.303 e. The van der Waals surface area contributed by atoms with Crippen molar-refractivity contribution < 1.29 is 4.39 Å². The van der Waals surface area contributed by atoms with Gasteiger partial charge in [0.05, 0.1) is 11.5 Å². The molecule has 1 aliphatic carbocycles. The molecule has 0 radical (unpaired) electrons. The van der Waals surface area contributed by atoms with Crippen molar-refractivity contribution in [2.24, 2.45) is 5.41 Å². The van der Waals surface area contributed by atoms with Crippen LogP contribution in [0.25, 0.3) is 0 Å². The summed E-state index contributed by atoms with van der Waals surface area (Å²) in [6.07, 6.45) is 9.44. The lowest BCUT2D eigenvalue weighted by atomic mass is 9.71. The van der Waals surface area contributed by atoms with Gasteiger partial charge in [-0.1, -0.05) is 25.2 Å². The van der Waals surface area contributed by atoms with E-state index in [-0.39, 0.29) is 0 Å². The summed E-state index contributed by atoms with van der Waals surface area (Å²) in [5.74, 6) is 0. The van der Waals surface area contributed by atoms with Crippen LogP contribution < -0.4 is 0 Å². The Bertz CT molecular complexity index is 386. The molecule has 0 N–H and O–H groups in total. The van der Waals surface area contributed by atoms with Crippen molar-refractivity contribution in [3.05, 3.63) is 24.3 Å². The fourth-order valence-corrected chi connectivity index (χ4v) is 2.96. The molecule has 1 fully saturated rings. The summed E-state index contributed by atoms with van der Waals surface area (Å²) in [4.78, 5) is 2.33. The van der Waals surface area contributed by atoms with Crippen LogP contribution in [-0.4, -0.2) is 30.2 Å². The van der Waals surface area contributed by atoms with Crippen molar-refractivity contribution in [3.8, 4) is 6.07 Å². The van der Waals surface area contributed by atoms with Crippen molar-refractivity contribution in [3.63, 3.8) is 0 Å². The summed E-state index contributed by atoms with van der Waals surface area (Å²) in [6, 6.07) is 2.41. The number of nitrogens with zero attached hydrogens (tertiary/aromatic N) is 2. The van der Waals surface area contributed by atoms with Gasteiger partial charge in [0.25, 0.3) is 0 Å². The van der Waals surface area contributed by atoms with E-state index in [1.54, 1.807) is 12.2 Å². The van der Waals surface area contributed by atoms with Gasteiger partial charge in [0.2, 0.25) is 0 Å². The van der Waals surface area contributed by atoms with Gasteiger partial charge >= 0.3 is 0 Å². The highest BCUT2D eigenvalue weighted by Gasteiger charge is 2.42. The monoisotopic (exact) mass is 248 g/mol. The Morgan fingerprint density at radius 1 is 1.33 bits per heavy atom. The average Bonchev–Trinajstić information content (AvgIpc) is 2.40. The maximum Gasteiger partial charge on any atom is 0.134 e. The van der Waals surface area contributed by atoms with Crippen LogP contribution in [0.5, 0.6) is 0 Å². The minimum atomic E-state index is -1.32. The van der Waals surface area contributed by atoms with E-state index in [0.29, 0.717) is 12.8 Å². The maximum atomic E-state index is 14.7. The van der Waals surface area contributed by atoms with Crippen LogP contribution in [0.1, 0.15) is 32.6 Å². The van der Waals surface area contributed by atoms with Crippen LogP contribution in [0.2, 0.25) is 0 Å². The van der Waals surface area contributed by atoms with E-state index in [1.165, 1.54) is 0 Å². The predicted octanol–water partition coefficient (Wildman–Crippen LogP) is 3.23. The molecule has 2 rings (SSSR count). The van der Waals surface area contributed by atoms with Crippen molar-refractivity contribution in [2.75, 3.05) is 19.6 Å². The van der Waals surface area contributed by atoms with Crippen molar-refractivity contribution in [2.45, 2.75) is 38.3 Å². The lowest BCUT2D eigenvalue weighted by molar-refractivity contribution is 0.0860. The van der Waals surface area contributed by atoms with Gasteiger partial charge in [0.1, 0.15) is 5.67 Å². The fourth-order valence-electron chi connectivity index (χ4n) is 2.96. The molecule has 18 heavy (non-hydrogen) atoms. The molecule has 2 nitrogen and oxygen atoms in total. The molecule has 98 valence electrons. The Morgan fingerprint density at radius 2 is 2.06 bits per heavy atom. The van der Waals surface area contributed by atoms with Gasteiger partial charge in [0.15, 0.2) is 0 Å². The number of hydrogen-bond acceptors (Lipinski definition) is 2. The molecular weight excluding hydrogens is 227 g/mol. The van der Waals surface area contributed by atoms with E-state index < -0.39 is 11.1 Å². The van der Waals surface area contributed by atoms with Crippen LogP contribution in [-0.2, 0) is 0 Å². The normalized spacial score (nSPS) is 31.2. The van der Waals surface area contributed by atoms with Gasteiger partial charge in [-0.3, -0.25) is 0 Å². The molecule has 0 aromatic heterocycles. The number of hydrogen-bond donors (Lipinski definition) is 0. The Kier molecular flexibility index (Phi) is 3.87. The number of rotatable bonds is 3. The third-order valence-electron chi connectivity index (χ3n) is 4.23. The van der Waals surface area contributed by atoms with Gasteiger partial charge in [-0.15, -0.1) is 0 Å². The summed E-state index contributed by atoms with van der Waals surface area (Å²) < 4.78 is 14.7. The number of allylic oxidation sites excluding steroid dienone is 4. The van der Waals surface area contributed by atoms with E-state index >= 15 is 0 Å². The van der Waals surface area contributed by atoms with E-state index in [2.05, 4.69) is 17.9 Å². The molecule has 1 heterocycles. The van der Waals surface area contributed by atoms with E-state index in [1.807, 2.05) is 12.2 Å². The molecule has 2 aliphatic rings. The topological polar surface area (TPSA) is 27.0 Å². The molecule has 0 aromatic carbocycles. The summed E-state index contributed by atoms with van der Waals surface area (Å²) in [6.45, 7) is 4.98. The van der Waals surface area contributed by atoms with Gasteiger partial charge < -0.3 is 4.90 Å². The zero-order valence-electron chi connectivity index (χ0n) is 11.0. The quantitative estimate of drug-likeness (QED) is 0.766. The average molecular weight is 248 g/mol. The Labute approximate surface area is 109 Å². The first-order valence-corrected chi connectivity index (χ1v) is 6.78. The fraction of sp³-hybridized carbons (Fsp3) is 0.667. The highest BCUT2D eigenvalue weighted by molar-refractivity contribution is 5.21. The van der Waals surface area contributed by atoms with E-state index in [9.17, 15) is 9.65 Å². The van der Waals surface area contributed by atoms with Crippen LogP contribution in [0.4, 0.5) is 4.39 Å². The van der Waals surface area contributed by atoms with Crippen molar-refractivity contribution in [1.82, 2.24) is 4.90 Å². The first kappa shape index (κ1) is 13.3. The lowest BCUT2D eigenvalue weighted by Crippen LogP contribution is -2.42. The molecule has 0 spiro atoms. The number of nitriles is 1. The molecule has 0 aromatic rings. The summed E-state index contributed by atoms with van der Waals surface area (Å²) >= 11 is 0. The SMILES string of the molecule is CCN1CCC(C#N)(CC2(F)C=CC=CC2)CC1. The highest BCUT2D eigenvalue weighted by atomic mass is 19.1. The smallest absolute Gasteiger partial charge is 0.134 e. The number of piperidine rings is 1. The van der Waals surface area contributed by atoms with Crippen LogP contribution >= 0.6 is 0 Å². The zero-order valence-corrected chi connectivity index (χ0v) is 11.0. The zero-order chi connectivity index (χ0) is 13.1. The number of likely N-dealkylation sites (tertiary alicyclic amines) is 1. The Balaban J connectivity index is 2.04. The predicted molar refractivity (Wildman–Crippen MR) is 70.7 cm³/mol. The second-order valence-electron chi connectivity index (χ2n) is 5.53. The molecule has 1 unspecified atom stereocenters. The number of halogens is 1. The van der Waals surface area contributed by atoms with Gasteiger partial charge in [-0.2, -0.15) is 5.26 Å². The standard InChI is InChI=1S/C15H21FN2/c1-2-18-10-8-14(13-17,9-11-18)12-15(16)6-4-3-5-7-15/h3-6H,2,7-12H2,1H3. The molecule has 0 amide bonds. The van der Waals surface area contributed by atoms with Gasteiger partial charge in [-0.05, 0) is 38.6 Å². The lowest BCUT2D eigenvalue weighted by Gasteiger charge is -2.40. The van der Waals surface area contributed by atoms with Crippen LogP contribution in [0, 0.1) is 16.7 Å².